The number of rotatable bonds is 5. The lowest BCUT2D eigenvalue weighted by atomic mass is 10.0. The lowest BCUT2D eigenvalue weighted by Gasteiger charge is -2.03. The van der Waals surface area contributed by atoms with Crippen LogP contribution in [0.2, 0.25) is 0 Å². The molecule has 18 heavy (non-hydrogen) atoms. The Morgan fingerprint density at radius 3 is 2.50 bits per heavy atom. The topological polar surface area (TPSA) is 72.2 Å². The van der Waals surface area contributed by atoms with Crippen molar-refractivity contribution in [3.8, 4) is 6.07 Å². The zero-order valence-electron chi connectivity index (χ0n) is 10.9. The van der Waals surface area contributed by atoms with Crippen molar-refractivity contribution >= 4 is 6.29 Å². The van der Waals surface area contributed by atoms with E-state index in [9.17, 15) is 4.79 Å². The molecule has 0 amide bonds. The fourth-order valence-corrected chi connectivity index (χ4v) is 0.993. The zero-order valence-corrected chi connectivity index (χ0v) is 10.9. The molecule has 0 spiro atoms. The molecule has 0 aliphatic rings. The highest BCUT2D eigenvalue weighted by molar-refractivity contribution is 5.58. The molecule has 5 nitrogen and oxygen atoms in total. The Morgan fingerprint density at radius 2 is 2.17 bits per heavy atom. The number of carbonyl (C=O) groups excluding carboxylic acids is 1. The summed E-state index contributed by atoms with van der Waals surface area (Å²) >= 11 is 0. The molecule has 5 heteroatoms. The van der Waals surface area contributed by atoms with Gasteiger partial charge in [0.25, 0.3) is 0 Å². The van der Waals surface area contributed by atoms with E-state index >= 15 is 0 Å². The Hall–Kier alpha value is -1.77. The third-order valence-corrected chi connectivity index (χ3v) is 2.17. The zero-order chi connectivity index (χ0) is 13.8. The van der Waals surface area contributed by atoms with Crippen molar-refractivity contribution in [2.45, 2.75) is 19.6 Å². The van der Waals surface area contributed by atoms with Crippen LogP contribution in [0.1, 0.15) is 12.5 Å². The van der Waals surface area contributed by atoms with Crippen LogP contribution in [0, 0.1) is 17.2 Å². The molecule has 0 fully saturated rings. The van der Waals surface area contributed by atoms with E-state index < -0.39 is 5.92 Å². The van der Waals surface area contributed by atoms with Gasteiger partial charge in [0.2, 0.25) is 0 Å². The molecule has 0 saturated heterocycles. The minimum absolute atomic E-state index is 0.0648. The number of nitrogens with zero attached hydrogens (tertiary/aromatic N) is 2. The maximum atomic E-state index is 10.3. The number of hydrogen-bond acceptors (Lipinski definition) is 5. The largest absolute Gasteiger partial charge is 0.356 e. The van der Waals surface area contributed by atoms with E-state index in [1.165, 1.54) is 0 Å². The second-order valence-corrected chi connectivity index (χ2v) is 3.48. The van der Waals surface area contributed by atoms with E-state index in [4.69, 9.17) is 5.26 Å². The van der Waals surface area contributed by atoms with Gasteiger partial charge in [0.05, 0.1) is 6.07 Å². The van der Waals surface area contributed by atoms with Crippen LogP contribution in [0.25, 0.3) is 0 Å². The minimum Gasteiger partial charge on any atom is -0.356 e. The van der Waals surface area contributed by atoms with Crippen molar-refractivity contribution in [2.75, 3.05) is 14.2 Å². The monoisotopic (exact) mass is 250 g/mol. The molecule has 0 aliphatic carbocycles. The predicted octanol–water partition coefficient (Wildman–Crippen LogP) is 1.59. The van der Waals surface area contributed by atoms with Crippen LogP contribution in [0.3, 0.4) is 0 Å². The van der Waals surface area contributed by atoms with Crippen LogP contribution in [-0.2, 0) is 20.7 Å². The van der Waals surface area contributed by atoms with Gasteiger partial charge in [-0.05, 0) is 25.0 Å². The van der Waals surface area contributed by atoms with Crippen molar-refractivity contribution in [1.82, 2.24) is 4.98 Å². The van der Waals surface area contributed by atoms with Gasteiger partial charge in [-0.1, -0.05) is 6.07 Å². The normalized spacial score (nSPS) is 11.1. The molecular weight excluding hydrogens is 232 g/mol. The van der Waals surface area contributed by atoms with Gasteiger partial charge in [-0.25, -0.2) is 0 Å². The summed E-state index contributed by atoms with van der Waals surface area (Å²) in [5, 5.41) is 8.49. The molecule has 0 saturated carbocycles. The Morgan fingerprint density at radius 1 is 1.50 bits per heavy atom. The highest BCUT2D eigenvalue weighted by atomic mass is 16.7. The molecule has 1 heterocycles. The SMILES string of the molecule is COC(C)OC.N#CC(C=O)Cc1cccnc1. The number of hydrogen-bond donors (Lipinski definition) is 0. The first kappa shape index (κ1) is 16.2. The van der Waals surface area contributed by atoms with Gasteiger partial charge in [-0.15, -0.1) is 0 Å². The van der Waals surface area contributed by atoms with Gasteiger partial charge in [0.15, 0.2) is 6.29 Å². The van der Waals surface area contributed by atoms with Crippen molar-refractivity contribution in [3.63, 3.8) is 0 Å². The first-order chi connectivity index (χ1) is 8.67. The summed E-state index contributed by atoms with van der Waals surface area (Å²) < 4.78 is 9.35. The van der Waals surface area contributed by atoms with Gasteiger partial charge in [0.1, 0.15) is 12.2 Å². The minimum atomic E-state index is -0.547. The maximum absolute atomic E-state index is 10.3. The van der Waals surface area contributed by atoms with E-state index in [-0.39, 0.29) is 6.29 Å². The average molecular weight is 250 g/mol. The smallest absolute Gasteiger partial charge is 0.154 e. The highest BCUT2D eigenvalue weighted by Gasteiger charge is 2.05. The molecule has 0 N–H and O–H groups in total. The quantitative estimate of drug-likeness (QED) is 0.586. The van der Waals surface area contributed by atoms with Crippen molar-refractivity contribution < 1.29 is 14.3 Å². The van der Waals surface area contributed by atoms with Crippen molar-refractivity contribution in [3.05, 3.63) is 30.1 Å². The average Bonchev–Trinajstić information content (AvgIpc) is 2.45. The van der Waals surface area contributed by atoms with E-state index in [0.717, 1.165) is 5.56 Å². The molecule has 0 bridgehead atoms. The molecular formula is C13H18N2O3. The molecule has 0 radical (unpaired) electrons. The van der Waals surface area contributed by atoms with Crippen LogP contribution in [0.4, 0.5) is 0 Å². The summed E-state index contributed by atoms with van der Waals surface area (Å²) in [7, 11) is 3.21. The number of nitriles is 1. The van der Waals surface area contributed by atoms with Crippen LogP contribution in [-0.4, -0.2) is 31.8 Å². The summed E-state index contributed by atoms with van der Waals surface area (Å²) in [5.74, 6) is -0.547. The van der Waals surface area contributed by atoms with Crippen LogP contribution in [0.5, 0.6) is 0 Å². The highest BCUT2D eigenvalue weighted by Crippen LogP contribution is 2.03. The van der Waals surface area contributed by atoms with E-state index in [1.54, 1.807) is 32.7 Å². The Kier molecular flexibility index (Phi) is 9.37. The molecule has 0 aliphatic heterocycles. The molecule has 1 unspecified atom stereocenters. The van der Waals surface area contributed by atoms with Crippen LogP contribution >= 0.6 is 0 Å². The lowest BCUT2D eigenvalue weighted by Crippen LogP contribution is -2.05. The molecule has 98 valence electrons. The molecule has 0 aromatic carbocycles. The summed E-state index contributed by atoms with van der Waals surface area (Å²) in [4.78, 5) is 14.2. The molecule has 1 aromatic rings. The Labute approximate surface area is 107 Å². The van der Waals surface area contributed by atoms with E-state index in [2.05, 4.69) is 14.5 Å². The number of methoxy groups -OCH3 is 2. The van der Waals surface area contributed by atoms with Crippen LogP contribution < -0.4 is 0 Å². The number of aldehydes is 1. The maximum Gasteiger partial charge on any atom is 0.154 e. The fourth-order valence-electron chi connectivity index (χ4n) is 0.993. The molecule has 1 atom stereocenters. The van der Waals surface area contributed by atoms with Crippen molar-refractivity contribution in [2.24, 2.45) is 5.92 Å². The number of aromatic nitrogens is 1. The summed E-state index contributed by atoms with van der Waals surface area (Å²) in [6.07, 6.45) is 4.37. The van der Waals surface area contributed by atoms with E-state index in [0.29, 0.717) is 12.7 Å². The predicted molar refractivity (Wildman–Crippen MR) is 66.6 cm³/mol. The third-order valence-electron chi connectivity index (χ3n) is 2.17. The Balaban J connectivity index is 0.000000411. The second kappa shape index (κ2) is 10.4. The van der Waals surface area contributed by atoms with Gasteiger partial charge in [-0.2, -0.15) is 5.26 Å². The van der Waals surface area contributed by atoms with Crippen LogP contribution in [0.15, 0.2) is 24.5 Å². The molecule has 1 rings (SSSR count). The van der Waals surface area contributed by atoms with Gasteiger partial charge in [0, 0.05) is 26.6 Å². The molecule has 1 aromatic heterocycles. The third kappa shape index (κ3) is 7.49. The first-order valence-corrected chi connectivity index (χ1v) is 5.47. The summed E-state index contributed by atoms with van der Waals surface area (Å²) in [5.41, 5.74) is 0.913. The van der Waals surface area contributed by atoms with Crippen molar-refractivity contribution in [1.29, 1.82) is 5.26 Å². The lowest BCUT2D eigenvalue weighted by molar-refractivity contribution is -0.109. The number of ether oxygens (including phenoxy) is 2. The van der Waals surface area contributed by atoms with Gasteiger partial charge in [-0.3, -0.25) is 4.98 Å². The number of carbonyl (C=O) groups is 1. The van der Waals surface area contributed by atoms with Gasteiger partial charge < -0.3 is 14.3 Å². The summed E-state index contributed by atoms with van der Waals surface area (Å²) in [6.45, 7) is 1.83. The second-order valence-electron chi connectivity index (χ2n) is 3.48. The fraction of sp³-hybridized carbons (Fsp3) is 0.462. The van der Waals surface area contributed by atoms with E-state index in [1.807, 2.05) is 19.1 Å². The standard InChI is InChI=1S/C9H8N2O.C4H10O2/c10-5-9(7-12)4-8-2-1-3-11-6-8;1-4(5-2)6-3/h1-3,6-7,9H,4H2;4H,1-3H3. The summed E-state index contributed by atoms with van der Waals surface area (Å²) in [6, 6.07) is 5.54. The first-order valence-electron chi connectivity index (χ1n) is 5.47. The number of pyridine rings is 1. The van der Waals surface area contributed by atoms with Gasteiger partial charge >= 0.3 is 0 Å². The Bertz CT molecular complexity index is 358.